The van der Waals surface area contributed by atoms with Gasteiger partial charge in [-0.2, -0.15) is 0 Å². The van der Waals surface area contributed by atoms with E-state index in [4.69, 9.17) is 5.73 Å². The molecule has 0 heterocycles. The molecule has 1 aliphatic carbocycles. The lowest BCUT2D eigenvalue weighted by molar-refractivity contribution is -0.384. The van der Waals surface area contributed by atoms with Crippen molar-refractivity contribution in [3.05, 3.63) is 34.4 Å². The minimum Gasteiger partial charge on any atom is -0.378 e. The van der Waals surface area contributed by atoms with Gasteiger partial charge in [0.1, 0.15) is 5.69 Å². The Morgan fingerprint density at radius 2 is 2.15 bits per heavy atom. The van der Waals surface area contributed by atoms with Crippen LogP contribution < -0.4 is 16.4 Å². The van der Waals surface area contributed by atoms with Gasteiger partial charge in [-0.25, -0.2) is 0 Å². The molecular weight excluding hydrogens is 373 g/mol. The van der Waals surface area contributed by atoms with Crippen molar-refractivity contribution in [2.24, 2.45) is 10.7 Å². The van der Waals surface area contributed by atoms with Gasteiger partial charge in [-0.3, -0.25) is 15.1 Å². The standard InChI is InChI=1S/C12H17N5O2.HI/c13-12(16-9-5-6-9)15-8-7-14-10-3-1-2-4-11(10)17(18)19;/h1-4,9,14H,5-8H2,(H3,13,15,16);1H. The fraction of sp³-hybridized carbons (Fsp3) is 0.417. The normalized spacial score (nSPS) is 14.3. The second kappa shape index (κ2) is 7.88. The van der Waals surface area contributed by atoms with Gasteiger partial charge in [-0.05, 0) is 18.9 Å². The molecule has 1 aromatic carbocycles. The smallest absolute Gasteiger partial charge is 0.292 e. The predicted molar refractivity (Wildman–Crippen MR) is 89.6 cm³/mol. The first kappa shape index (κ1) is 16.5. The van der Waals surface area contributed by atoms with Crippen molar-refractivity contribution in [2.75, 3.05) is 18.4 Å². The van der Waals surface area contributed by atoms with E-state index in [2.05, 4.69) is 15.6 Å². The summed E-state index contributed by atoms with van der Waals surface area (Å²) in [6.07, 6.45) is 2.29. The summed E-state index contributed by atoms with van der Waals surface area (Å²) in [5.74, 6) is 0.437. The summed E-state index contributed by atoms with van der Waals surface area (Å²) >= 11 is 0. The number of nitrogens with one attached hydrogen (secondary N) is 2. The zero-order valence-electron chi connectivity index (χ0n) is 10.9. The van der Waals surface area contributed by atoms with E-state index < -0.39 is 4.92 Å². The highest BCUT2D eigenvalue weighted by Gasteiger charge is 2.21. The van der Waals surface area contributed by atoms with Crippen LogP contribution in [0, 0.1) is 10.1 Å². The van der Waals surface area contributed by atoms with E-state index in [1.54, 1.807) is 18.2 Å². The van der Waals surface area contributed by atoms with E-state index >= 15 is 0 Å². The highest BCUT2D eigenvalue weighted by Crippen LogP contribution is 2.22. The molecule has 0 saturated heterocycles. The first-order valence-corrected chi connectivity index (χ1v) is 6.20. The van der Waals surface area contributed by atoms with E-state index in [0.717, 1.165) is 12.8 Å². The van der Waals surface area contributed by atoms with Crippen molar-refractivity contribution in [3.63, 3.8) is 0 Å². The van der Waals surface area contributed by atoms with Crippen molar-refractivity contribution in [3.8, 4) is 0 Å². The van der Waals surface area contributed by atoms with Crippen LogP contribution in [0.3, 0.4) is 0 Å². The van der Waals surface area contributed by atoms with Crippen LogP contribution in [0.1, 0.15) is 12.8 Å². The minimum absolute atomic E-state index is 0. The Morgan fingerprint density at radius 3 is 2.80 bits per heavy atom. The minimum atomic E-state index is -0.408. The van der Waals surface area contributed by atoms with Gasteiger partial charge in [-0.15, -0.1) is 24.0 Å². The number of para-hydroxylation sites is 2. The molecule has 0 atom stereocenters. The number of guanidine groups is 1. The van der Waals surface area contributed by atoms with Gasteiger partial charge in [0.15, 0.2) is 5.96 Å². The summed E-state index contributed by atoms with van der Waals surface area (Å²) in [7, 11) is 0. The third-order valence-corrected chi connectivity index (χ3v) is 2.74. The lowest BCUT2D eigenvalue weighted by Gasteiger charge is -2.06. The molecule has 0 amide bonds. The molecule has 2 rings (SSSR count). The van der Waals surface area contributed by atoms with Crippen LogP contribution in [-0.4, -0.2) is 30.0 Å². The first-order valence-electron chi connectivity index (χ1n) is 6.20. The van der Waals surface area contributed by atoms with E-state index in [-0.39, 0.29) is 29.7 Å². The van der Waals surface area contributed by atoms with Crippen LogP contribution in [0.2, 0.25) is 0 Å². The molecule has 4 N–H and O–H groups in total. The molecule has 0 aliphatic heterocycles. The number of nitro benzene ring substituents is 1. The summed E-state index contributed by atoms with van der Waals surface area (Å²) in [5, 5.41) is 16.9. The van der Waals surface area contributed by atoms with Gasteiger partial charge in [-0.1, -0.05) is 12.1 Å². The molecule has 1 fully saturated rings. The van der Waals surface area contributed by atoms with E-state index in [1.165, 1.54) is 6.07 Å². The SMILES string of the molecule is I.NC(=NCCNc1ccccc1[N+](=O)[O-])NC1CC1. The predicted octanol–water partition coefficient (Wildman–Crippen LogP) is 1.69. The number of aliphatic imine (C=N–C) groups is 1. The highest BCUT2D eigenvalue weighted by atomic mass is 127. The van der Waals surface area contributed by atoms with E-state index in [9.17, 15) is 10.1 Å². The molecule has 0 aromatic heterocycles. The van der Waals surface area contributed by atoms with Crippen LogP contribution in [0.5, 0.6) is 0 Å². The molecule has 0 unspecified atom stereocenters. The Bertz CT molecular complexity index is 490. The van der Waals surface area contributed by atoms with Crippen LogP contribution in [0.15, 0.2) is 29.3 Å². The van der Waals surface area contributed by atoms with Crippen LogP contribution in [-0.2, 0) is 0 Å². The van der Waals surface area contributed by atoms with Crippen LogP contribution in [0.4, 0.5) is 11.4 Å². The first-order chi connectivity index (χ1) is 9.16. The van der Waals surface area contributed by atoms with Crippen LogP contribution in [0.25, 0.3) is 0 Å². The van der Waals surface area contributed by atoms with Gasteiger partial charge < -0.3 is 16.4 Å². The second-order valence-electron chi connectivity index (χ2n) is 4.39. The van der Waals surface area contributed by atoms with Crippen molar-refractivity contribution in [2.45, 2.75) is 18.9 Å². The Hall–Kier alpha value is -1.58. The third kappa shape index (κ3) is 5.19. The molecule has 0 bridgehead atoms. The topological polar surface area (TPSA) is 106 Å². The molecular formula is C12H18IN5O2. The average Bonchev–Trinajstić information content (AvgIpc) is 3.19. The maximum atomic E-state index is 10.8. The summed E-state index contributed by atoms with van der Waals surface area (Å²) in [5.41, 5.74) is 6.24. The number of hydrogen-bond acceptors (Lipinski definition) is 4. The molecule has 0 spiro atoms. The lowest BCUT2D eigenvalue weighted by Crippen LogP contribution is -2.33. The Balaban J connectivity index is 0.00000200. The van der Waals surface area contributed by atoms with Gasteiger partial charge in [0, 0.05) is 18.7 Å². The number of nitro groups is 1. The molecule has 8 heteroatoms. The van der Waals surface area contributed by atoms with Crippen molar-refractivity contribution < 1.29 is 4.92 Å². The second-order valence-corrected chi connectivity index (χ2v) is 4.39. The number of nitrogens with two attached hydrogens (primary N) is 1. The number of nitrogens with zero attached hydrogens (tertiary/aromatic N) is 2. The summed E-state index contributed by atoms with van der Waals surface area (Å²) in [6, 6.07) is 7.01. The maximum Gasteiger partial charge on any atom is 0.292 e. The Kier molecular flexibility index (Phi) is 6.49. The van der Waals surface area contributed by atoms with E-state index in [0.29, 0.717) is 30.8 Å². The number of anilines is 1. The van der Waals surface area contributed by atoms with Gasteiger partial charge in [0.05, 0.1) is 11.5 Å². The fourth-order valence-electron chi connectivity index (χ4n) is 1.63. The molecule has 1 aliphatic rings. The average molecular weight is 391 g/mol. The summed E-state index contributed by atoms with van der Waals surface area (Å²) in [6.45, 7) is 0.968. The molecule has 7 nitrogen and oxygen atoms in total. The summed E-state index contributed by atoms with van der Waals surface area (Å²) in [4.78, 5) is 14.5. The number of hydrogen-bond donors (Lipinski definition) is 3. The lowest BCUT2D eigenvalue weighted by atomic mass is 10.2. The van der Waals surface area contributed by atoms with Crippen molar-refractivity contribution >= 4 is 41.3 Å². The zero-order valence-corrected chi connectivity index (χ0v) is 13.2. The Labute approximate surface area is 134 Å². The monoisotopic (exact) mass is 391 g/mol. The quantitative estimate of drug-likeness (QED) is 0.171. The molecule has 110 valence electrons. The number of halogens is 1. The molecule has 1 aromatic rings. The molecule has 0 radical (unpaired) electrons. The summed E-state index contributed by atoms with van der Waals surface area (Å²) < 4.78 is 0. The fourth-order valence-corrected chi connectivity index (χ4v) is 1.63. The van der Waals surface area contributed by atoms with Crippen LogP contribution >= 0.6 is 24.0 Å². The maximum absolute atomic E-state index is 10.8. The third-order valence-electron chi connectivity index (χ3n) is 2.74. The van der Waals surface area contributed by atoms with E-state index in [1.807, 2.05) is 0 Å². The largest absolute Gasteiger partial charge is 0.378 e. The van der Waals surface area contributed by atoms with Gasteiger partial charge in [0.2, 0.25) is 0 Å². The van der Waals surface area contributed by atoms with Crippen molar-refractivity contribution in [1.82, 2.24) is 5.32 Å². The molecule has 1 saturated carbocycles. The zero-order chi connectivity index (χ0) is 13.7. The van der Waals surface area contributed by atoms with Gasteiger partial charge >= 0.3 is 0 Å². The molecule has 20 heavy (non-hydrogen) atoms. The van der Waals surface area contributed by atoms with Gasteiger partial charge in [0.25, 0.3) is 5.69 Å². The highest BCUT2D eigenvalue weighted by molar-refractivity contribution is 14.0. The van der Waals surface area contributed by atoms with Crippen molar-refractivity contribution in [1.29, 1.82) is 0 Å². The Morgan fingerprint density at radius 1 is 1.45 bits per heavy atom. The number of rotatable bonds is 6. The number of benzene rings is 1.